The van der Waals surface area contributed by atoms with Gasteiger partial charge in [-0.25, -0.2) is 0 Å². The van der Waals surface area contributed by atoms with Gasteiger partial charge in [0.15, 0.2) is 0 Å². The number of hydrogen-bond acceptors (Lipinski definition) is 7. The Balaban J connectivity index is 1.64. The van der Waals surface area contributed by atoms with Crippen molar-refractivity contribution in [2.24, 2.45) is 0 Å². The summed E-state index contributed by atoms with van der Waals surface area (Å²) < 4.78 is 7.33. The van der Waals surface area contributed by atoms with Gasteiger partial charge in [0.2, 0.25) is 0 Å². The summed E-state index contributed by atoms with van der Waals surface area (Å²) in [5, 5.41) is 13.3. The van der Waals surface area contributed by atoms with Gasteiger partial charge in [0.1, 0.15) is 27.5 Å². The number of nitriles is 1. The van der Waals surface area contributed by atoms with Gasteiger partial charge >= 0.3 is 0 Å². The maximum atomic E-state index is 13.5. The molecular weight excluding hydrogens is 541 g/mol. The molecule has 9 heteroatoms. The lowest BCUT2D eigenvalue weighted by Gasteiger charge is -2.20. The smallest absolute Gasteiger partial charge is 0.270 e. The molecule has 1 aromatic heterocycles. The molecule has 4 rings (SSSR count). The molecule has 1 fully saturated rings. The number of thiocarbonyl (C=S) groups is 1. The highest BCUT2D eigenvalue weighted by Crippen LogP contribution is 2.35. The molecule has 206 valence electrons. The van der Waals surface area contributed by atoms with E-state index in [-0.39, 0.29) is 17.0 Å². The van der Waals surface area contributed by atoms with Crippen molar-refractivity contribution in [3.8, 4) is 11.8 Å². The second-order valence-electron chi connectivity index (χ2n) is 9.42. The number of pyridine rings is 1. The van der Waals surface area contributed by atoms with E-state index >= 15 is 0 Å². The number of methoxy groups -OCH3 is 1. The van der Waals surface area contributed by atoms with Crippen molar-refractivity contribution in [3.63, 3.8) is 0 Å². The maximum Gasteiger partial charge on any atom is 0.270 e. The SMILES string of the molecule is CCCn1c(NCCc2ccccc2)c(/C=C2/SC(=S)N(CCc3ccc(OC)cc3)C2=O)c(C)c(C#N)c1=O. The third kappa shape index (κ3) is 6.46. The van der Waals surface area contributed by atoms with Crippen molar-refractivity contribution in [1.82, 2.24) is 9.47 Å². The number of nitrogens with zero attached hydrogens (tertiary/aromatic N) is 3. The minimum absolute atomic E-state index is 0.0864. The standard InChI is InChI=1S/C31H32N4O3S2/c1-4-17-34-28(33-16-14-22-8-6-5-7-9-22)25(21(2)26(20-32)29(34)36)19-27-30(37)35(31(39)40-27)18-15-23-10-12-24(38-3)13-11-23/h5-13,19,33H,4,14-18H2,1-3H3/b27-19+. The summed E-state index contributed by atoms with van der Waals surface area (Å²) in [6.45, 7) is 5.23. The van der Waals surface area contributed by atoms with E-state index in [9.17, 15) is 14.9 Å². The van der Waals surface area contributed by atoms with Crippen LogP contribution in [-0.4, -0.2) is 39.9 Å². The van der Waals surface area contributed by atoms with Crippen LogP contribution >= 0.6 is 24.0 Å². The van der Waals surface area contributed by atoms with Gasteiger partial charge in [0.25, 0.3) is 11.5 Å². The second-order valence-corrected chi connectivity index (χ2v) is 11.1. The first-order valence-electron chi connectivity index (χ1n) is 13.2. The summed E-state index contributed by atoms with van der Waals surface area (Å²) in [4.78, 5) is 28.8. The average Bonchev–Trinajstić information content (AvgIpc) is 3.24. The van der Waals surface area contributed by atoms with Crippen LogP contribution in [0.1, 0.15) is 41.2 Å². The first-order valence-corrected chi connectivity index (χ1v) is 14.4. The van der Waals surface area contributed by atoms with Crippen molar-refractivity contribution in [1.29, 1.82) is 5.26 Å². The molecule has 1 aliphatic rings. The fourth-order valence-corrected chi connectivity index (χ4v) is 5.91. The van der Waals surface area contributed by atoms with Gasteiger partial charge < -0.3 is 10.1 Å². The van der Waals surface area contributed by atoms with Gasteiger partial charge in [-0.05, 0) is 61.1 Å². The van der Waals surface area contributed by atoms with Crippen LogP contribution in [0.4, 0.5) is 5.82 Å². The summed E-state index contributed by atoms with van der Waals surface area (Å²) in [5.74, 6) is 1.22. The number of rotatable bonds is 11. The molecule has 1 aliphatic heterocycles. The number of carbonyl (C=O) groups excluding carboxylic acids is 1. The third-order valence-electron chi connectivity index (χ3n) is 6.80. The van der Waals surface area contributed by atoms with Gasteiger partial charge in [0, 0.05) is 25.2 Å². The first-order chi connectivity index (χ1) is 19.4. The van der Waals surface area contributed by atoms with Crippen molar-refractivity contribution in [3.05, 3.63) is 97.7 Å². The lowest BCUT2D eigenvalue weighted by Crippen LogP contribution is -2.30. The molecule has 1 N–H and O–H groups in total. The van der Waals surface area contributed by atoms with Crippen molar-refractivity contribution in [2.45, 2.75) is 39.7 Å². The average molecular weight is 573 g/mol. The van der Waals surface area contributed by atoms with Gasteiger partial charge in [0.05, 0.1) is 12.0 Å². The minimum atomic E-state index is -0.326. The van der Waals surface area contributed by atoms with E-state index in [4.69, 9.17) is 17.0 Å². The van der Waals surface area contributed by atoms with Crippen LogP contribution in [0.2, 0.25) is 0 Å². The third-order valence-corrected chi connectivity index (χ3v) is 8.18. The second kappa shape index (κ2) is 13.5. The Labute approximate surface area is 244 Å². The van der Waals surface area contributed by atoms with Crippen LogP contribution in [0, 0.1) is 18.3 Å². The topological polar surface area (TPSA) is 87.4 Å². The van der Waals surface area contributed by atoms with Crippen molar-refractivity contribution < 1.29 is 9.53 Å². The normalized spacial score (nSPS) is 14.1. The molecule has 1 amide bonds. The van der Waals surface area contributed by atoms with E-state index in [1.165, 1.54) is 17.3 Å². The predicted octanol–water partition coefficient (Wildman–Crippen LogP) is 5.55. The molecule has 2 aromatic carbocycles. The molecule has 0 saturated carbocycles. The maximum absolute atomic E-state index is 13.5. The van der Waals surface area contributed by atoms with E-state index in [0.717, 1.165) is 17.7 Å². The Kier molecular flexibility index (Phi) is 9.80. The van der Waals surface area contributed by atoms with Crippen LogP contribution in [0.5, 0.6) is 5.75 Å². The zero-order valence-corrected chi connectivity index (χ0v) is 24.5. The summed E-state index contributed by atoms with van der Waals surface area (Å²) >= 11 is 6.82. The monoisotopic (exact) mass is 572 g/mol. The molecule has 0 bridgehead atoms. The number of thioether (sulfide) groups is 1. The number of hydrogen-bond donors (Lipinski definition) is 1. The van der Waals surface area contributed by atoms with Gasteiger partial charge in [-0.3, -0.25) is 19.1 Å². The Bertz CT molecular complexity index is 1520. The molecule has 0 spiro atoms. The van der Waals surface area contributed by atoms with Crippen LogP contribution in [0.25, 0.3) is 6.08 Å². The van der Waals surface area contributed by atoms with E-state index in [0.29, 0.717) is 58.6 Å². The Morgan fingerprint density at radius 2 is 1.75 bits per heavy atom. The Morgan fingerprint density at radius 1 is 1.05 bits per heavy atom. The van der Waals surface area contributed by atoms with Gasteiger partial charge in [-0.15, -0.1) is 0 Å². The predicted molar refractivity (Wildman–Crippen MR) is 166 cm³/mol. The molecule has 0 atom stereocenters. The summed E-state index contributed by atoms with van der Waals surface area (Å²) in [6, 6.07) is 19.9. The molecule has 2 heterocycles. The van der Waals surface area contributed by atoms with E-state index in [1.807, 2.05) is 49.4 Å². The summed E-state index contributed by atoms with van der Waals surface area (Å²) in [6.07, 6.45) is 3.90. The zero-order chi connectivity index (χ0) is 28.6. The fraction of sp³-hybridized carbons (Fsp3) is 0.290. The lowest BCUT2D eigenvalue weighted by atomic mass is 10.0. The molecule has 1 saturated heterocycles. The largest absolute Gasteiger partial charge is 0.497 e. The van der Waals surface area contributed by atoms with E-state index < -0.39 is 0 Å². The van der Waals surface area contributed by atoms with Crippen LogP contribution < -0.4 is 15.6 Å². The van der Waals surface area contributed by atoms with E-state index in [1.54, 1.807) is 29.6 Å². The van der Waals surface area contributed by atoms with Crippen LogP contribution in [0.3, 0.4) is 0 Å². The number of ether oxygens (including phenoxy) is 1. The minimum Gasteiger partial charge on any atom is -0.497 e. The number of amides is 1. The molecule has 40 heavy (non-hydrogen) atoms. The fourth-order valence-electron chi connectivity index (χ4n) is 4.62. The highest BCUT2D eigenvalue weighted by molar-refractivity contribution is 8.26. The van der Waals surface area contributed by atoms with Crippen molar-refractivity contribution >= 4 is 46.1 Å². The van der Waals surface area contributed by atoms with Crippen LogP contribution in [-0.2, 0) is 24.2 Å². The first kappa shape index (κ1) is 29.1. The number of carbonyl (C=O) groups is 1. The van der Waals surface area contributed by atoms with Crippen LogP contribution in [0.15, 0.2) is 64.3 Å². The molecule has 0 unspecified atom stereocenters. The van der Waals surface area contributed by atoms with Crippen molar-refractivity contribution in [2.75, 3.05) is 25.5 Å². The molecular formula is C31H32N4O3S2. The number of benzene rings is 2. The number of aromatic nitrogens is 1. The molecule has 3 aromatic rings. The molecule has 0 aliphatic carbocycles. The Morgan fingerprint density at radius 3 is 2.40 bits per heavy atom. The van der Waals surface area contributed by atoms with Gasteiger partial charge in [-0.1, -0.05) is 73.4 Å². The molecule has 7 nitrogen and oxygen atoms in total. The Hall–Kier alpha value is -3.87. The summed E-state index contributed by atoms with van der Waals surface area (Å²) in [7, 11) is 1.63. The van der Waals surface area contributed by atoms with E-state index in [2.05, 4.69) is 23.5 Å². The zero-order valence-electron chi connectivity index (χ0n) is 22.9. The quantitative estimate of drug-likeness (QED) is 0.238. The highest BCUT2D eigenvalue weighted by atomic mass is 32.2. The lowest BCUT2D eigenvalue weighted by molar-refractivity contribution is -0.122. The summed E-state index contributed by atoms with van der Waals surface area (Å²) in [5.41, 5.74) is 3.21. The highest BCUT2D eigenvalue weighted by Gasteiger charge is 2.32. The molecule has 0 radical (unpaired) electrons. The van der Waals surface area contributed by atoms with Gasteiger partial charge in [-0.2, -0.15) is 5.26 Å². The number of nitrogens with one attached hydrogen (secondary N) is 1. The number of anilines is 1.